The Morgan fingerprint density at radius 1 is 1.29 bits per heavy atom. The van der Waals surface area contributed by atoms with Gasteiger partial charge >= 0.3 is 0 Å². The molecule has 6 heteroatoms. The summed E-state index contributed by atoms with van der Waals surface area (Å²) < 4.78 is 2.47. The van der Waals surface area contributed by atoms with Gasteiger partial charge in [-0.25, -0.2) is 0 Å². The molecule has 0 aromatic carbocycles. The molecule has 5 nitrogen and oxygen atoms in total. The van der Waals surface area contributed by atoms with Gasteiger partial charge in [-0.15, -0.1) is 0 Å². The fraction of sp³-hybridized carbons (Fsp3) is 0.733. The van der Waals surface area contributed by atoms with Crippen molar-refractivity contribution in [3.05, 3.63) is 15.9 Å². The second-order valence-corrected chi connectivity index (χ2v) is 6.92. The SMILES string of the molecule is Cc1c(Br)c(C(=O)N[C@@H](C)CN(C(C)C)C(C)C)nn1C. The topological polar surface area (TPSA) is 50.2 Å². The first-order chi connectivity index (χ1) is 9.65. The smallest absolute Gasteiger partial charge is 0.273 e. The second-order valence-electron chi connectivity index (χ2n) is 6.13. The lowest BCUT2D eigenvalue weighted by Crippen LogP contribution is -2.47. The molecule has 0 aliphatic carbocycles. The molecule has 1 amide bonds. The summed E-state index contributed by atoms with van der Waals surface area (Å²) in [4.78, 5) is 14.7. The predicted octanol–water partition coefficient (Wildman–Crippen LogP) is 2.73. The lowest BCUT2D eigenvalue weighted by Gasteiger charge is -2.33. The maximum absolute atomic E-state index is 12.3. The molecule has 0 bridgehead atoms. The van der Waals surface area contributed by atoms with E-state index in [1.807, 2.05) is 20.9 Å². The summed E-state index contributed by atoms with van der Waals surface area (Å²) in [6, 6.07) is 0.970. The van der Waals surface area contributed by atoms with Crippen LogP contribution in [0.2, 0.25) is 0 Å². The second kappa shape index (κ2) is 7.40. The lowest BCUT2D eigenvalue weighted by atomic mass is 10.2. The van der Waals surface area contributed by atoms with E-state index < -0.39 is 0 Å². The quantitative estimate of drug-likeness (QED) is 0.850. The minimum atomic E-state index is -0.134. The van der Waals surface area contributed by atoms with Crippen LogP contribution in [0.25, 0.3) is 0 Å². The van der Waals surface area contributed by atoms with Gasteiger partial charge in [-0.1, -0.05) is 0 Å². The van der Waals surface area contributed by atoms with Gasteiger partial charge < -0.3 is 5.32 Å². The Balaban J connectivity index is 2.72. The summed E-state index contributed by atoms with van der Waals surface area (Å²) >= 11 is 3.43. The van der Waals surface area contributed by atoms with Crippen LogP contribution >= 0.6 is 15.9 Å². The minimum Gasteiger partial charge on any atom is -0.347 e. The first-order valence-corrected chi connectivity index (χ1v) is 8.20. The average Bonchev–Trinajstić information content (AvgIpc) is 2.63. The molecule has 1 aromatic rings. The van der Waals surface area contributed by atoms with E-state index in [1.165, 1.54) is 0 Å². The number of aromatic nitrogens is 2. The zero-order valence-corrected chi connectivity index (χ0v) is 15.7. The van der Waals surface area contributed by atoms with Crippen LogP contribution in [0.4, 0.5) is 0 Å². The van der Waals surface area contributed by atoms with Crippen molar-refractivity contribution in [3.63, 3.8) is 0 Å². The van der Waals surface area contributed by atoms with Crippen molar-refractivity contribution in [2.75, 3.05) is 6.54 Å². The molecule has 0 saturated carbocycles. The Labute approximate surface area is 136 Å². The first-order valence-electron chi connectivity index (χ1n) is 7.40. The number of hydrogen-bond donors (Lipinski definition) is 1. The van der Waals surface area contributed by atoms with Crippen LogP contribution in [-0.4, -0.2) is 45.3 Å². The maximum Gasteiger partial charge on any atom is 0.273 e. The maximum atomic E-state index is 12.3. The highest BCUT2D eigenvalue weighted by Crippen LogP contribution is 2.20. The van der Waals surface area contributed by atoms with Crippen molar-refractivity contribution in [1.29, 1.82) is 0 Å². The van der Waals surface area contributed by atoms with Gasteiger partial charge in [0.2, 0.25) is 0 Å². The minimum absolute atomic E-state index is 0.0662. The Morgan fingerprint density at radius 2 is 1.81 bits per heavy atom. The van der Waals surface area contributed by atoms with E-state index in [0.29, 0.717) is 17.8 Å². The van der Waals surface area contributed by atoms with E-state index in [1.54, 1.807) is 4.68 Å². The van der Waals surface area contributed by atoms with Crippen molar-refractivity contribution in [1.82, 2.24) is 20.0 Å². The molecule has 1 N–H and O–H groups in total. The summed E-state index contributed by atoms with van der Waals surface area (Å²) in [5.41, 5.74) is 1.39. The Hall–Kier alpha value is -0.880. The predicted molar refractivity (Wildman–Crippen MR) is 89.6 cm³/mol. The summed E-state index contributed by atoms with van der Waals surface area (Å²) in [5.74, 6) is -0.134. The Kier molecular flexibility index (Phi) is 6.41. The van der Waals surface area contributed by atoms with Crippen LogP contribution in [0.5, 0.6) is 0 Å². The normalized spacial score (nSPS) is 13.3. The van der Waals surface area contributed by atoms with Crippen LogP contribution in [0, 0.1) is 6.92 Å². The molecule has 0 fully saturated rings. The summed E-state index contributed by atoms with van der Waals surface area (Å²) in [7, 11) is 1.83. The highest BCUT2D eigenvalue weighted by molar-refractivity contribution is 9.10. The number of aryl methyl sites for hydroxylation is 1. The van der Waals surface area contributed by atoms with E-state index in [0.717, 1.165) is 16.7 Å². The van der Waals surface area contributed by atoms with Crippen molar-refractivity contribution in [3.8, 4) is 0 Å². The van der Waals surface area contributed by atoms with Gasteiger partial charge in [0, 0.05) is 31.7 Å². The largest absolute Gasteiger partial charge is 0.347 e. The van der Waals surface area contributed by atoms with Crippen LogP contribution in [-0.2, 0) is 7.05 Å². The molecule has 21 heavy (non-hydrogen) atoms. The van der Waals surface area contributed by atoms with Gasteiger partial charge in [-0.3, -0.25) is 14.4 Å². The molecule has 120 valence electrons. The molecular weight excluding hydrogens is 332 g/mol. The molecule has 0 spiro atoms. The highest BCUT2D eigenvalue weighted by Gasteiger charge is 2.21. The number of rotatable bonds is 6. The van der Waals surface area contributed by atoms with Gasteiger partial charge in [0.05, 0.1) is 10.2 Å². The lowest BCUT2D eigenvalue weighted by molar-refractivity contribution is 0.0905. The molecule has 0 radical (unpaired) electrons. The number of amides is 1. The Morgan fingerprint density at radius 3 is 2.19 bits per heavy atom. The molecule has 0 aliphatic heterocycles. The standard InChI is InChI=1S/C15H27BrN4O/c1-9(2)20(10(3)4)8-11(5)17-15(21)14-13(16)12(6)19(7)18-14/h9-11H,8H2,1-7H3,(H,17,21)/t11-/m0/s1. The monoisotopic (exact) mass is 358 g/mol. The van der Waals surface area contributed by atoms with E-state index >= 15 is 0 Å². The van der Waals surface area contributed by atoms with Crippen LogP contribution in [0.3, 0.4) is 0 Å². The number of nitrogens with one attached hydrogen (secondary N) is 1. The van der Waals surface area contributed by atoms with Gasteiger partial charge in [0.25, 0.3) is 5.91 Å². The summed E-state index contributed by atoms with van der Waals surface area (Å²) in [6.45, 7) is 13.5. The fourth-order valence-corrected chi connectivity index (χ4v) is 2.92. The van der Waals surface area contributed by atoms with Crippen LogP contribution in [0.1, 0.15) is 50.8 Å². The van der Waals surface area contributed by atoms with E-state index in [4.69, 9.17) is 0 Å². The molecule has 0 aliphatic rings. The number of halogens is 1. The van der Waals surface area contributed by atoms with Crippen LogP contribution < -0.4 is 5.32 Å². The molecule has 1 atom stereocenters. The number of hydrogen-bond acceptors (Lipinski definition) is 3. The van der Waals surface area contributed by atoms with Gasteiger partial charge in [-0.2, -0.15) is 5.10 Å². The third-order valence-electron chi connectivity index (χ3n) is 3.66. The van der Waals surface area contributed by atoms with E-state index in [9.17, 15) is 4.79 Å². The molecular formula is C15H27BrN4O. The van der Waals surface area contributed by atoms with Crippen molar-refractivity contribution >= 4 is 21.8 Å². The molecule has 1 heterocycles. The van der Waals surface area contributed by atoms with E-state index in [-0.39, 0.29) is 11.9 Å². The molecule has 1 rings (SSSR count). The third kappa shape index (κ3) is 4.54. The van der Waals surface area contributed by atoms with Crippen molar-refractivity contribution in [2.24, 2.45) is 7.05 Å². The zero-order chi connectivity index (χ0) is 16.3. The number of carbonyl (C=O) groups excluding carboxylic acids is 1. The highest BCUT2D eigenvalue weighted by atomic mass is 79.9. The molecule has 1 aromatic heterocycles. The van der Waals surface area contributed by atoms with Crippen molar-refractivity contribution in [2.45, 2.75) is 59.7 Å². The summed E-state index contributed by atoms with van der Waals surface area (Å²) in [6.07, 6.45) is 0. The van der Waals surface area contributed by atoms with Gasteiger partial charge in [0.1, 0.15) is 0 Å². The first kappa shape index (κ1) is 18.2. The number of carbonyl (C=O) groups is 1. The van der Waals surface area contributed by atoms with Crippen molar-refractivity contribution < 1.29 is 4.79 Å². The zero-order valence-electron chi connectivity index (χ0n) is 14.1. The number of nitrogens with zero attached hydrogens (tertiary/aromatic N) is 3. The summed E-state index contributed by atoms with van der Waals surface area (Å²) in [5, 5.41) is 7.29. The van der Waals surface area contributed by atoms with Gasteiger partial charge in [0.15, 0.2) is 5.69 Å². The molecule has 0 saturated heterocycles. The third-order valence-corrected chi connectivity index (χ3v) is 4.61. The van der Waals surface area contributed by atoms with Crippen LogP contribution in [0.15, 0.2) is 4.47 Å². The van der Waals surface area contributed by atoms with E-state index in [2.05, 4.69) is 58.9 Å². The fourth-order valence-electron chi connectivity index (χ4n) is 2.40. The Bertz CT molecular complexity index is 488. The van der Waals surface area contributed by atoms with Gasteiger partial charge in [-0.05, 0) is 57.5 Å². The molecule has 0 unspecified atom stereocenters. The average molecular weight is 359 g/mol.